The number of carbonyl (C=O) groups is 1. The van der Waals surface area contributed by atoms with E-state index in [4.69, 9.17) is 4.74 Å². The van der Waals surface area contributed by atoms with E-state index in [0.717, 1.165) is 155 Å². The maximum Gasteiger partial charge on any atom is 0.305 e. The highest BCUT2D eigenvalue weighted by Crippen LogP contribution is 3.07. The molecule has 0 N–H and O–H groups in total. The van der Waals surface area contributed by atoms with Crippen molar-refractivity contribution in [3.63, 3.8) is 0 Å². The number of methoxy groups -OCH3 is 1. The van der Waals surface area contributed by atoms with Crippen molar-refractivity contribution in [3.05, 3.63) is 82.5 Å². The highest BCUT2D eigenvalue weighted by molar-refractivity contribution is 6.08. The fourth-order valence-electron chi connectivity index (χ4n) is 29.0. The van der Waals surface area contributed by atoms with Gasteiger partial charge in [-0.15, -0.1) is 0 Å². The van der Waals surface area contributed by atoms with Gasteiger partial charge in [0.05, 0.1) is 7.11 Å². The lowest BCUT2D eigenvalue weighted by Crippen LogP contribution is -2.58. The van der Waals surface area contributed by atoms with Crippen LogP contribution in [0.25, 0.3) is 21.8 Å². The molecule has 14 saturated carbocycles. The first-order valence-corrected chi connectivity index (χ1v) is 27.3. The Bertz CT molecular complexity index is 2930. The molecule has 17 aliphatic carbocycles. The Hall–Kier alpha value is -3.07. The number of nitrogens with zero attached hydrogens (tertiary/aromatic N) is 1. The summed E-state index contributed by atoms with van der Waals surface area (Å²) in [4.78, 5) is 13.4. The monoisotopic (exact) mass is 829 g/mol. The van der Waals surface area contributed by atoms with E-state index in [9.17, 15) is 4.79 Å². The number of rotatable bonds is 6. The number of ether oxygens (including phenoxy) is 1. The molecule has 3 heteroatoms. The van der Waals surface area contributed by atoms with Gasteiger partial charge < -0.3 is 9.30 Å². The third-order valence-electron chi connectivity index (χ3n) is 27.7. The van der Waals surface area contributed by atoms with Crippen LogP contribution in [0.3, 0.4) is 0 Å². The lowest BCUT2D eigenvalue weighted by atomic mass is 9.43. The van der Waals surface area contributed by atoms with Crippen LogP contribution in [0, 0.1) is 159 Å². The van der Waals surface area contributed by atoms with Gasteiger partial charge in [-0.05, 0) is 224 Å². The summed E-state index contributed by atoms with van der Waals surface area (Å²) in [5, 5.41) is 2.87. The Morgan fingerprint density at radius 2 is 1.22 bits per heavy atom. The van der Waals surface area contributed by atoms with Gasteiger partial charge in [0.2, 0.25) is 0 Å². The van der Waals surface area contributed by atoms with Crippen LogP contribution in [0.4, 0.5) is 0 Å². The van der Waals surface area contributed by atoms with Gasteiger partial charge in [-0.25, -0.2) is 0 Å². The first kappa shape index (κ1) is 33.4. The van der Waals surface area contributed by atoms with Gasteiger partial charge in [0.1, 0.15) is 0 Å². The summed E-state index contributed by atoms with van der Waals surface area (Å²) in [6.07, 6.45) is 17.7. The zero-order chi connectivity index (χ0) is 40.4. The van der Waals surface area contributed by atoms with Crippen molar-refractivity contribution in [1.82, 2.24) is 4.57 Å². The summed E-state index contributed by atoms with van der Waals surface area (Å²) in [6.45, 7) is 6.22. The highest BCUT2D eigenvalue weighted by Gasteiger charge is 3.04. The van der Waals surface area contributed by atoms with Crippen molar-refractivity contribution in [1.29, 1.82) is 0 Å². The first-order chi connectivity index (χ1) is 31.1. The quantitative estimate of drug-likeness (QED) is 0.183. The second-order valence-corrected chi connectivity index (χ2v) is 26.6. The number of aromatic nitrogens is 1. The van der Waals surface area contributed by atoms with Crippen molar-refractivity contribution in [2.75, 3.05) is 7.11 Å². The van der Waals surface area contributed by atoms with Crippen LogP contribution >= 0.6 is 0 Å². The standard InChI is InChI=1S/C60H63NO2/c1-4-61-35-9-6-5-8-25(35)26-12-11-24(22-36(26)61)58(21-7-10-37(62)63-3)59-54-23(2)55-34-20-18-32-30-16-14-28-27-13-15-29-31-17-19-33(54)44-42(31)47-40(29)38(27)46-39(28)41(30)48-43(32)45(34)57(60(55,58)59)53-51(48)49(46)50(47)52(53)56(44)59/h5-6,8-9,11-13,15,22-23,27-32,38-53,56-57H,4,7,10,14,16-21H2,1-3H3. The maximum atomic E-state index is 13.4. The van der Waals surface area contributed by atoms with E-state index in [1.165, 1.54) is 53.9 Å². The molecule has 3 aromatic rings. The van der Waals surface area contributed by atoms with Crippen molar-refractivity contribution in [3.8, 4) is 0 Å². The van der Waals surface area contributed by atoms with E-state index < -0.39 is 0 Å². The molecule has 17 aliphatic rings. The molecular formula is C60H63NO2. The summed E-state index contributed by atoms with van der Waals surface area (Å²) in [5.74, 6) is 24.2. The largest absolute Gasteiger partial charge is 0.469 e. The molecule has 2 spiro atoms. The zero-order valence-corrected chi connectivity index (χ0v) is 37.5. The summed E-state index contributed by atoms with van der Waals surface area (Å²) in [7, 11) is 1.64. The molecule has 28 atom stereocenters. The average Bonchev–Trinajstić information content (AvgIpc) is 4.09. The van der Waals surface area contributed by atoms with Gasteiger partial charge in [-0.2, -0.15) is 0 Å². The Balaban J connectivity index is 0.934. The predicted molar refractivity (Wildman–Crippen MR) is 241 cm³/mol. The van der Waals surface area contributed by atoms with Gasteiger partial charge in [0.25, 0.3) is 0 Å². The molecule has 1 heterocycles. The smallest absolute Gasteiger partial charge is 0.305 e. The Labute approximate surface area is 372 Å². The second-order valence-electron chi connectivity index (χ2n) is 26.6. The van der Waals surface area contributed by atoms with Gasteiger partial charge in [0.15, 0.2) is 0 Å². The first-order valence-electron chi connectivity index (χ1n) is 27.3. The van der Waals surface area contributed by atoms with Crippen LogP contribution in [-0.4, -0.2) is 17.6 Å². The third-order valence-corrected chi connectivity index (χ3v) is 27.7. The van der Waals surface area contributed by atoms with Crippen LogP contribution in [0.15, 0.2) is 76.9 Å². The Morgan fingerprint density at radius 1 is 0.651 bits per heavy atom. The molecule has 0 aliphatic heterocycles. The van der Waals surface area contributed by atoms with Crippen LogP contribution in [0.1, 0.15) is 77.2 Å². The number of carbonyl (C=O) groups excluding carboxylic acids is 1. The minimum absolute atomic E-state index is 0.0105. The molecule has 20 rings (SSSR count). The number of fused-ring (bicyclic) bond motifs is 6. The molecular weight excluding hydrogens is 767 g/mol. The van der Waals surface area contributed by atoms with Crippen molar-refractivity contribution >= 4 is 27.8 Å². The van der Waals surface area contributed by atoms with Crippen LogP contribution < -0.4 is 0 Å². The lowest BCUT2D eigenvalue weighted by Gasteiger charge is -2.61. The van der Waals surface area contributed by atoms with E-state index in [1.54, 1.807) is 25.5 Å². The Kier molecular flexibility index (Phi) is 5.13. The number of hydrogen-bond acceptors (Lipinski definition) is 2. The lowest BCUT2D eigenvalue weighted by molar-refractivity contribution is -0.141. The van der Waals surface area contributed by atoms with Crippen molar-refractivity contribution in [2.24, 2.45) is 159 Å². The number of benzene rings is 2. The molecule has 63 heavy (non-hydrogen) atoms. The number of allylic oxidation sites excluding steroid dienone is 6. The number of hydrogen-bond donors (Lipinski definition) is 0. The summed E-state index contributed by atoms with van der Waals surface area (Å²) in [5.41, 5.74) is 13.6. The summed E-state index contributed by atoms with van der Waals surface area (Å²) < 4.78 is 8.18. The third kappa shape index (κ3) is 2.68. The van der Waals surface area contributed by atoms with E-state index in [2.05, 4.69) is 95.3 Å². The normalized spacial score (nSPS) is 61.0. The molecule has 0 saturated heterocycles. The van der Waals surface area contributed by atoms with Gasteiger partial charge >= 0.3 is 5.97 Å². The molecule has 0 amide bonds. The molecule has 3 nitrogen and oxygen atoms in total. The molecule has 14 fully saturated rings. The number of para-hydroxylation sites is 1. The SMILES string of the molecule is CCn1c2ccccc2c2ccc(C3(CCCC(=O)OC)C45C6=C7CCC8C9C=CC%10C%11CCC%12C%13CCC%14=C(C6C)C34C3C%14C%13C4C%12C%11C6C%10C9C9C8C7C5C5C9C6C4C53)cc21. The van der Waals surface area contributed by atoms with E-state index in [-0.39, 0.29) is 22.2 Å². The van der Waals surface area contributed by atoms with Crippen LogP contribution in [-0.2, 0) is 21.5 Å². The van der Waals surface area contributed by atoms with Crippen LogP contribution in [0.5, 0.6) is 0 Å². The average molecular weight is 830 g/mol. The van der Waals surface area contributed by atoms with Gasteiger partial charge in [-0.1, -0.05) is 71.7 Å². The molecule has 28 unspecified atom stereocenters. The van der Waals surface area contributed by atoms with Crippen LogP contribution in [0.2, 0.25) is 0 Å². The minimum atomic E-state index is 0.0105. The number of aryl methyl sites for hydroxylation is 1. The second kappa shape index (κ2) is 9.68. The van der Waals surface area contributed by atoms with E-state index in [1.807, 2.05) is 0 Å². The molecule has 1 aromatic heterocycles. The summed E-state index contributed by atoms with van der Waals surface area (Å²) in [6, 6.07) is 17.5. The van der Waals surface area contributed by atoms with Crippen molar-refractivity contribution < 1.29 is 9.53 Å². The molecule has 2 aromatic carbocycles. The predicted octanol–water partition coefficient (Wildman–Crippen LogP) is 11.5. The highest BCUT2D eigenvalue weighted by atomic mass is 16.5. The van der Waals surface area contributed by atoms with Gasteiger partial charge in [0, 0.05) is 51.0 Å². The summed E-state index contributed by atoms with van der Waals surface area (Å²) >= 11 is 0. The fraction of sp³-hybridized carbons (Fsp3) is 0.683. The fourth-order valence-corrected chi connectivity index (χ4v) is 29.0. The van der Waals surface area contributed by atoms with Crippen molar-refractivity contribution in [2.45, 2.75) is 83.6 Å². The Morgan fingerprint density at radius 3 is 1.95 bits per heavy atom. The minimum Gasteiger partial charge on any atom is -0.469 e. The molecule has 0 radical (unpaired) electrons. The number of esters is 1. The van der Waals surface area contributed by atoms with Gasteiger partial charge in [-0.3, -0.25) is 4.79 Å². The zero-order valence-electron chi connectivity index (χ0n) is 37.5. The van der Waals surface area contributed by atoms with E-state index in [0.29, 0.717) is 12.3 Å². The molecule has 0 bridgehead atoms. The van der Waals surface area contributed by atoms with E-state index >= 15 is 0 Å². The topological polar surface area (TPSA) is 31.2 Å². The molecule has 320 valence electrons. The maximum absolute atomic E-state index is 13.4.